The smallest absolute Gasteiger partial charge is 0.251 e. The van der Waals surface area contributed by atoms with Gasteiger partial charge in [-0.05, 0) is 38.1 Å². The molecule has 2 amide bonds. The quantitative estimate of drug-likeness (QED) is 0.677. The van der Waals surface area contributed by atoms with Gasteiger partial charge in [0.15, 0.2) is 0 Å². The van der Waals surface area contributed by atoms with Crippen LogP contribution in [0, 0.1) is 13.8 Å². The van der Waals surface area contributed by atoms with Crippen LogP contribution < -0.4 is 10.6 Å². The summed E-state index contributed by atoms with van der Waals surface area (Å²) in [6.07, 6.45) is 0.251. The number of imidazole rings is 1. The van der Waals surface area contributed by atoms with Gasteiger partial charge in [0.1, 0.15) is 5.82 Å². The molecule has 0 bridgehead atoms. The van der Waals surface area contributed by atoms with Gasteiger partial charge in [0.2, 0.25) is 5.91 Å². The van der Waals surface area contributed by atoms with Gasteiger partial charge in [-0.25, -0.2) is 4.98 Å². The predicted molar refractivity (Wildman–Crippen MR) is 106 cm³/mol. The van der Waals surface area contributed by atoms with Crippen LogP contribution in [0.2, 0.25) is 0 Å². The zero-order valence-corrected chi connectivity index (χ0v) is 15.7. The summed E-state index contributed by atoms with van der Waals surface area (Å²) in [5.41, 5.74) is 3.66. The largest absolute Gasteiger partial charge is 0.354 e. The minimum absolute atomic E-state index is 0.0818. The Kier molecular flexibility index (Phi) is 5.86. The number of fused-ring (bicyclic) bond motifs is 1. The number of nitrogens with one attached hydrogen (secondary N) is 2. The van der Waals surface area contributed by atoms with Crippen LogP contribution in [0.25, 0.3) is 11.0 Å². The molecule has 1 aromatic heterocycles. The lowest BCUT2D eigenvalue weighted by Crippen LogP contribution is -2.32. The van der Waals surface area contributed by atoms with Gasteiger partial charge in [0, 0.05) is 31.6 Å². The molecule has 27 heavy (non-hydrogen) atoms. The standard InChI is InChI=1S/C21H24N4O2/c1-15-6-5-7-17(14-15)21(27)23-11-10-20(26)22-12-13-25-16(2)24-18-8-3-4-9-19(18)25/h3-9,14H,10-13H2,1-2H3,(H,22,26)(H,23,27). The van der Waals surface area contributed by atoms with E-state index in [0.29, 0.717) is 25.2 Å². The maximum absolute atomic E-state index is 12.1. The van der Waals surface area contributed by atoms with Gasteiger partial charge in [-0.15, -0.1) is 0 Å². The Hall–Kier alpha value is -3.15. The first kappa shape index (κ1) is 18.6. The molecule has 3 aromatic rings. The van der Waals surface area contributed by atoms with Gasteiger partial charge in [-0.2, -0.15) is 0 Å². The molecule has 3 rings (SSSR count). The summed E-state index contributed by atoms with van der Waals surface area (Å²) in [5, 5.41) is 5.68. The van der Waals surface area contributed by atoms with Crippen molar-refractivity contribution in [3.05, 3.63) is 65.5 Å². The average Bonchev–Trinajstić information content (AvgIpc) is 2.97. The molecular weight excluding hydrogens is 340 g/mol. The first-order valence-corrected chi connectivity index (χ1v) is 9.08. The zero-order chi connectivity index (χ0) is 19.2. The van der Waals surface area contributed by atoms with Crippen molar-refractivity contribution in [2.75, 3.05) is 13.1 Å². The van der Waals surface area contributed by atoms with Gasteiger partial charge in [0.25, 0.3) is 5.91 Å². The monoisotopic (exact) mass is 364 g/mol. The van der Waals surface area contributed by atoms with Crippen LogP contribution in [-0.2, 0) is 11.3 Å². The van der Waals surface area contributed by atoms with E-state index in [2.05, 4.69) is 20.2 Å². The number of aromatic nitrogens is 2. The number of rotatable bonds is 7. The van der Waals surface area contributed by atoms with E-state index in [1.54, 1.807) is 6.07 Å². The summed E-state index contributed by atoms with van der Waals surface area (Å²) in [5.74, 6) is 0.685. The summed E-state index contributed by atoms with van der Waals surface area (Å²) in [6.45, 7) is 5.39. The topological polar surface area (TPSA) is 76.0 Å². The Morgan fingerprint density at radius 2 is 1.81 bits per heavy atom. The van der Waals surface area contributed by atoms with Crippen LogP contribution in [-0.4, -0.2) is 34.5 Å². The molecule has 0 radical (unpaired) electrons. The highest BCUT2D eigenvalue weighted by atomic mass is 16.2. The number of para-hydroxylation sites is 2. The average molecular weight is 364 g/mol. The van der Waals surface area contributed by atoms with E-state index < -0.39 is 0 Å². The van der Waals surface area contributed by atoms with E-state index in [9.17, 15) is 9.59 Å². The van der Waals surface area contributed by atoms with Crippen LogP contribution in [0.15, 0.2) is 48.5 Å². The fourth-order valence-corrected chi connectivity index (χ4v) is 3.05. The normalized spacial score (nSPS) is 10.7. The molecule has 0 aliphatic heterocycles. The molecule has 0 spiro atoms. The van der Waals surface area contributed by atoms with Crippen molar-refractivity contribution in [2.24, 2.45) is 0 Å². The van der Waals surface area contributed by atoms with Crippen LogP contribution in [0.1, 0.15) is 28.2 Å². The molecule has 0 saturated carbocycles. The fourth-order valence-electron chi connectivity index (χ4n) is 3.05. The van der Waals surface area contributed by atoms with E-state index in [0.717, 1.165) is 22.4 Å². The number of hydrogen-bond donors (Lipinski definition) is 2. The second-order valence-corrected chi connectivity index (χ2v) is 6.52. The van der Waals surface area contributed by atoms with Gasteiger partial charge in [0.05, 0.1) is 11.0 Å². The molecule has 0 saturated heterocycles. The molecule has 6 nitrogen and oxygen atoms in total. The molecule has 2 aromatic carbocycles. The van der Waals surface area contributed by atoms with E-state index in [4.69, 9.17) is 0 Å². The van der Waals surface area contributed by atoms with Gasteiger partial charge >= 0.3 is 0 Å². The molecule has 0 aliphatic rings. The Bertz CT molecular complexity index is 962. The van der Waals surface area contributed by atoms with Crippen LogP contribution >= 0.6 is 0 Å². The van der Waals surface area contributed by atoms with E-state index in [-0.39, 0.29) is 18.2 Å². The predicted octanol–water partition coefficient (Wildman–Crippen LogP) is 2.59. The first-order chi connectivity index (χ1) is 13.0. The highest BCUT2D eigenvalue weighted by molar-refractivity contribution is 5.94. The molecule has 6 heteroatoms. The maximum Gasteiger partial charge on any atom is 0.251 e. The molecule has 0 fully saturated rings. The number of nitrogens with zero attached hydrogens (tertiary/aromatic N) is 2. The lowest BCUT2D eigenvalue weighted by atomic mass is 10.1. The maximum atomic E-state index is 12.1. The van der Waals surface area contributed by atoms with Crippen molar-refractivity contribution in [1.29, 1.82) is 0 Å². The van der Waals surface area contributed by atoms with Crippen LogP contribution in [0.4, 0.5) is 0 Å². The summed E-state index contributed by atoms with van der Waals surface area (Å²) in [7, 11) is 0. The van der Waals surface area contributed by atoms with E-state index in [1.165, 1.54) is 0 Å². The highest BCUT2D eigenvalue weighted by Gasteiger charge is 2.08. The lowest BCUT2D eigenvalue weighted by Gasteiger charge is -2.09. The molecule has 0 aliphatic carbocycles. The van der Waals surface area contributed by atoms with Crippen molar-refractivity contribution < 1.29 is 9.59 Å². The van der Waals surface area contributed by atoms with Crippen molar-refractivity contribution in [1.82, 2.24) is 20.2 Å². The van der Waals surface area contributed by atoms with Gasteiger partial charge in [-0.3, -0.25) is 9.59 Å². The van der Waals surface area contributed by atoms with Crippen molar-refractivity contribution >= 4 is 22.8 Å². The summed E-state index contributed by atoms with van der Waals surface area (Å²) < 4.78 is 2.09. The number of benzene rings is 2. The molecule has 1 heterocycles. The third-order valence-electron chi connectivity index (χ3n) is 4.42. The highest BCUT2D eigenvalue weighted by Crippen LogP contribution is 2.14. The lowest BCUT2D eigenvalue weighted by molar-refractivity contribution is -0.120. The summed E-state index contributed by atoms with van der Waals surface area (Å²) in [4.78, 5) is 28.6. The van der Waals surface area contributed by atoms with Gasteiger partial charge in [-0.1, -0.05) is 29.8 Å². The van der Waals surface area contributed by atoms with E-state index >= 15 is 0 Å². The number of carbonyl (C=O) groups excluding carboxylic acids is 2. The van der Waals surface area contributed by atoms with Crippen molar-refractivity contribution in [3.63, 3.8) is 0 Å². The Morgan fingerprint density at radius 1 is 1.00 bits per heavy atom. The Balaban J connectivity index is 1.42. The molecule has 0 unspecified atom stereocenters. The Labute approximate surface area is 158 Å². The second-order valence-electron chi connectivity index (χ2n) is 6.52. The molecule has 140 valence electrons. The second kappa shape index (κ2) is 8.49. The third-order valence-corrected chi connectivity index (χ3v) is 4.42. The van der Waals surface area contributed by atoms with Crippen molar-refractivity contribution in [3.8, 4) is 0 Å². The summed E-state index contributed by atoms with van der Waals surface area (Å²) in [6, 6.07) is 15.3. The molecule has 0 atom stereocenters. The zero-order valence-electron chi connectivity index (χ0n) is 15.7. The minimum atomic E-state index is -0.160. The summed E-state index contributed by atoms with van der Waals surface area (Å²) >= 11 is 0. The SMILES string of the molecule is Cc1cccc(C(=O)NCCC(=O)NCCn2c(C)nc3ccccc32)c1. The Morgan fingerprint density at radius 3 is 2.63 bits per heavy atom. The van der Waals surface area contributed by atoms with Crippen molar-refractivity contribution in [2.45, 2.75) is 26.8 Å². The number of amides is 2. The number of carbonyl (C=O) groups is 2. The third kappa shape index (κ3) is 4.73. The first-order valence-electron chi connectivity index (χ1n) is 9.08. The fraction of sp³-hybridized carbons (Fsp3) is 0.286. The molecule has 2 N–H and O–H groups in total. The van der Waals surface area contributed by atoms with Crippen LogP contribution in [0.5, 0.6) is 0 Å². The number of hydrogen-bond acceptors (Lipinski definition) is 3. The van der Waals surface area contributed by atoms with Crippen LogP contribution in [0.3, 0.4) is 0 Å². The number of aryl methyl sites for hydroxylation is 2. The molecular formula is C21H24N4O2. The minimum Gasteiger partial charge on any atom is -0.354 e. The van der Waals surface area contributed by atoms with E-state index in [1.807, 2.05) is 56.3 Å². The van der Waals surface area contributed by atoms with Gasteiger partial charge < -0.3 is 15.2 Å².